The number of rotatable bonds is 3. The van der Waals surface area contributed by atoms with Crippen LogP contribution >= 0.6 is 0 Å². The molecule has 90 valence electrons. The molecule has 2 aromatic heterocycles. The monoisotopic (exact) mass is 237 g/mol. The van der Waals surface area contributed by atoms with Crippen LogP contribution in [0.5, 0.6) is 0 Å². The first-order chi connectivity index (χ1) is 8.19. The van der Waals surface area contributed by atoms with Gasteiger partial charge in [0.2, 0.25) is 0 Å². The highest BCUT2D eigenvalue weighted by Crippen LogP contribution is 2.06. The van der Waals surface area contributed by atoms with Crippen molar-refractivity contribution in [1.82, 2.24) is 14.6 Å². The zero-order valence-electron chi connectivity index (χ0n) is 9.14. The van der Waals surface area contributed by atoms with E-state index in [1.807, 2.05) is 0 Å². The van der Waals surface area contributed by atoms with Crippen LogP contribution in [0.3, 0.4) is 0 Å². The van der Waals surface area contributed by atoms with Crippen molar-refractivity contribution in [3.05, 3.63) is 33.9 Å². The Morgan fingerprint density at radius 2 is 2.41 bits per heavy atom. The zero-order chi connectivity index (χ0) is 12.4. The number of nitrogens with one attached hydrogen (secondary N) is 1. The van der Waals surface area contributed by atoms with Gasteiger partial charge in [0.15, 0.2) is 0 Å². The lowest BCUT2D eigenvalue weighted by Gasteiger charge is -2.06. The lowest BCUT2D eigenvalue weighted by molar-refractivity contribution is 0.0592. The molecule has 0 saturated carbocycles. The molecule has 0 spiro atoms. The minimum absolute atomic E-state index is 0.0551. The number of aromatic amines is 1. The van der Waals surface area contributed by atoms with E-state index in [0.717, 1.165) is 4.52 Å². The molecule has 2 heterocycles. The van der Waals surface area contributed by atoms with Crippen LogP contribution in [0.2, 0.25) is 0 Å². The molecule has 2 N–H and O–H groups in total. The first-order valence-electron chi connectivity index (χ1n) is 4.97. The molecule has 7 heteroatoms. The van der Waals surface area contributed by atoms with Gasteiger partial charge < -0.3 is 14.8 Å². The van der Waals surface area contributed by atoms with Gasteiger partial charge in [-0.1, -0.05) is 0 Å². The van der Waals surface area contributed by atoms with Crippen LogP contribution in [0.1, 0.15) is 16.1 Å². The van der Waals surface area contributed by atoms with Gasteiger partial charge >= 0.3 is 5.97 Å². The molecule has 0 radical (unpaired) electrons. The number of hydrogen-bond acceptors (Lipinski definition) is 5. The summed E-state index contributed by atoms with van der Waals surface area (Å²) in [5, 5.41) is 12.7. The van der Waals surface area contributed by atoms with Gasteiger partial charge in [0.25, 0.3) is 5.56 Å². The van der Waals surface area contributed by atoms with Crippen molar-refractivity contribution in [3.63, 3.8) is 0 Å². The van der Waals surface area contributed by atoms with Gasteiger partial charge in [0.05, 0.1) is 18.9 Å². The molecule has 2 aromatic rings. The van der Waals surface area contributed by atoms with Crippen LogP contribution in [0.4, 0.5) is 0 Å². The Labute approximate surface area is 95.6 Å². The molecule has 0 unspecified atom stereocenters. The van der Waals surface area contributed by atoms with E-state index in [0.29, 0.717) is 5.65 Å². The van der Waals surface area contributed by atoms with E-state index in [4.69, 9.17) is 5.11 Å². The number of fused-ring (bicyclic) bond motifs is 1. The number of H-pyrrole nitrogens is 1. The van der Waals surface area contributed by atoms with Crippen LogP contribution in [0, 0.1) is 0 Å². The van der Waals surface area contributed by atoms with Crippen molar-refractivity contribution < 1.29 is 14.6 Å². The first-order valence-corrected chi connectivity index (χ1v) is 4.97. The van der Waals surface area contributed by atoms with Crippen LogP contribution in [0.15, 0.2) is 17.1 Å². The van der Waals surface area contributed by atoms with Crippen LogP contribution in [-0.4, -0.2) is 39.4 Å². The summed E-state index contributed by atoms with van der Waals surface area (Å²) in [5.74, 6) is -0.644. The number of methoxy groups -OCH3 is 1. The molecule has 0 aliphatic heterocycles. The Kier molecular flexibility index (Phi) is 2.92. The van der Waals surface area contributed by atoms with Crippen molar-refractivity contribution in [2.45, 2.75) is 6.42 Å². The molecule has 0 fully saturated rings. The molecule has 0 bridgehead atoms. The van der Waals surface area contributed by atoms with E-state index in [1.165, 1.54) is 13.3 Å². The molecular formula is C10H11N3O4. The van der Waals surface area contributed by atoms with Gasteiger partial charge in [-0.3, -0.25) is 4.79 Å². The Morgan fingerprint density at radius 3 is 3.06 bits per heavy atom. The van der Waals surface area contributed by atoms with E-state index < -0.39 is 11.5 Å². The molecule has 0 atom stereocenters. The lowest BCUT2D eigenvalue weighted by Crippen LogP contribution is -2.26. The molecular weight excluding hydrogens is 226 g/mol. The number of nitrogens with zero attached hydrogens (tertiary/aromatic N) is 2. The molecule has 17 heavy (non-hydrogen) atoms. The van der Waals surface area contributed by atoms with Gasteiger partial charge in [0.1, 0.15) is 11.3 Å². The van der Waals surface area contributed by atoms with Crippen molar-refractivity contribution in [3.8, 4) is 0 Å². The predicted octanol–water partition coefficient (Wildman–Crippen LogP) is -0.656. The summed E-state index contributed by atoms with van der Waals surface area (Å²) in [4.78, 5) is 26.3. The highest BCUT2D eigenvalue weighted by atomic mass is 16.5. The standard InChI is InChI=1S/C10H11N3O4/c1-17-10(16)8-6(3-5-14)9(15)13-7(12-8)2-4-11-13/h2,4,12,14H,3,5H2,1H3. The SMILES string of the molecule is COC(=O)c1[nH]c2ccnn2c(=O)c1CCO. The summed E-state index contributed by atoms with van der Waals surface area (Å²) in [6, 6.07) is 1.57. The summed E-state index contributed by atoms with van der Waals surface area (Å²) in [5.41, 5.74) is 0.186. The summed E-state index contributed by atoms with van der Waals surface area (Å²) >= 11 is 0. The number of esters is 1. The molecule has 7 nitrogen and oxygen atoms in total. The first kappa shape index (κ1) is 11.3. The van der Waals surface area contributed by atoms with E-state index in [-0.39, 0.29) is 24.3 Å². The molecule has 2 rings (SSSR count). The summed E-state index contributed by atoms with van der Waals surface area (Å²) in [6.07, 6.45) is 1.51. The molecule has 0 amide bonds. The van der Waals surface area contributed by atoms with Crippen molar-refractivity contribution >= 4 is 11.6 Å². The maximum Gasteiger partial charge on any atom is 0.355 e. The summed E-state index contributed by atoms with van der Waals surface area (Å²) < 4.78 is 5.72. The minimum atomic E-state index is -0.644. The number of carbonyl (C=O) groups excluding carboxylic acids is 1. The molecule has 0 aliphatic rings. The third-order valence-electron chi connectivity index (χ3n) is 2.40. The number of carbonyl (C=O) groups is 1. The van der Waals surface area contributed by atoms with Gasteiger partial charge in [-0.05, 0) is 0 Å². The van der Waals surface area contributed by atoms with Gasteiger partial charge in [-0.2, -0.15) is 9.61 Å². The summed E-state index contributed by atoms with van der Waals surface area (Å²) in [7, 11) is 1.23. The van der Waals surface area contributed by atoms with Crippen molar-refractivity contribution in [2.24, 2.45) is 0 Å². The average molecular weight is 237 g/mol. The lowest BCUT2D eigenvalue weighted by atomic mass is 10.1. The van der Waals surface area contributed by atoms with Crippen LogP contribution in [-0.2, 0) is 11.2 Å². The average Bonchev–Trinajstić information content (AvgIpc) is 2.80. The second-order valence-corrected chi connectivity index (χ2v) is 3.38. The number of ether oxygens (including phenoxy) is 1. The van der Waals surface area contributed by atoms with E-state index >= 15 is 0 Å². The number of aliphatic hydroxyl groups is 1. The Hall–Kier alpha value is -2.15. The maximum absolute atomic E-state index is 12.0. The predicted molar refractivity (Wildman–Crippen MR) is 57.9 cm³/mol. The Balaban J connectivity index is 2.75. The largest absolute Gasteiger partial charge is 0.464 e. The van der Waals surface area contributed by atoms with E-state index in [1.54, 1.807) is 6.07 Å². The van der Waals surface area contributed by atoms with E-state index in [2.05, 4.69) is 14.8 Å². The molecule has 0 saturated heterocycles. The van der Waals surface area contributed by atoms with Crippen molar-refractivity contribution in [2.75, 3.05) is 13.7 Å². The van der Waals surface area contributed by atoms with Gasteiger partial charge in [0, 0.05) is 19.1 Å². The third kappa shape index (κ3) is 1.80. The number of hydrogen-bond donors (Lipinski definition) is 2. The highest BCUT2D eigenvalue weighted by Gasteiger charge is 2.18. The second kappa shape index (κ2) is 4.38. The topological polar surface area (TPSA) is 96.7 Å². The number of aromatic nitrogens is 3. The van der Waals surface area contributed by atoms with Crippen LogP contribution < -0.4 is 5.56 Å². The fourth-order valence-corrected chi connectivity index (χ4v) is 1.62. The highest BCUT2D eigenvalue weighted by molar-refractivity contribution is 5.89. The van der Waals surface area contributed by atoms with Crippen molar-refractivity contribution in [1.29, 1.82) is 0 Å². The number of aliphatic hydroxyl groups excluding tert-OH is 1. The fraction of sp³-hybridized carbons (Fsp3) is 0.300. The fourth-order valence-electron chi connectivity index (χ4n) is 1.62. The third-order valence-corrected chi connectivity index (χ3v) is 2.40. The summed E-state index contributed by atoms with van der Waals surface area (Å²) in [6.45, 7) is -0.236. The minimum Gasteiger partial charge on any atom is -0.464 e. The molecule has 0 aromatic carbocycles. The second-order valence-electron chi connectivity index (χ2n) is 3.38. The Bertz CT molecular complexity index is 614. The Morgan fingerprint density at radius 1 is 1.65 bits per heavy atom. The van der Waals surface area contributed by atoms with Gasteiger partial charge in [-0.25, -0.2) is 4.79 Å². The zero-order valence-corrected chi connectivity index (χ0v) is 9.14. The van der Waals surface area contributed by atoms with Crippen LogP contribution in [0.25, 0.3) is 5.65 Å². The maximum atomic E-state index is 12.0. The molecule has 0 aliphatic carbocycles. The quantitative estimate of drug-likeness (QED) is 0.691. The normalized spacial score (nSPS) is 10.7. The van der Waals surface area contributed by atoms with E-state index in [9.17, 15) is 9.59 Å². The van der Waals surface area contributed by atoms with Gasteiger partial charge in [-0.15, -0.1) is 0 Å². The smallest absolute Gasteiger partial charge is 0.355 e.